The molecule has 2 aromatic heterocycles. The highest BCUT2D eigenvalue weighted by molar-refractivity contribution is 9.10. The largest absolute Gasteiger partial charge is 0.352 e. The fourth-order valence-electron chi connectivity index (χ4n) is 3.11. The van der Waals surface area contributed by atoms with Gasteiger partial charge in [-0.2, -0.15) is 0 Å². The van der Waals surface area contributed by atoms with Crippen LogP contribution in [0.25, 0.3) is 10.9 Å². The van der Waals surface area contributed by atoms with Crippen molar-refractivity contribution in [1.82, 2.24) is 30.1 Å². The number of nitrogens with zero attached hydrogens (tertiary/aromatic N) is 5. The standard InChI is InChI=1S/C19H17BrN6O/c20-16-6-7-17-15(12-16)8-10-25(17)11-9-21-19(27)18(26-13-22-23-24-26)14-4-2-1-3-5-14/h1-8,10,12-13,18H,9,11H2,(H,21,27)/t18-/m0/s1. The van der Waals surface area contributed by atoms with E-state index in [0.717, 1.165) is 20.9 Å². The maximum atomic E-state index is 12.8. The first-order valence-electron chi connectivity index (χ1n) is 8.52. The Bertz CT molecular complexity index is 1040. The van der Waals surface area contributed by atoms with Crippen molar-refractivity contribution in [2.75, 3.05) is 6.54 Å². The van der Waals surface area contributed by atoms with E-state index in [9.17, 15) is 4.79 Å². The molecule has 1 atom stereocenters. The highest BCUT2D eigenvalue weighted by Crippen LogP contribution is 2.21. The average molecular weight is 425 g/mol. The van der Waals surface area contributed by atoms with Gasteiger partial charge in [0.15, 0.2) is 6.04 Å². The molecule has 0 radical (unpaired) electrons. The third-order valence-corrected chi connectivity index (χ3v) is 4.87. The average Bonchev–Trinajstić information content (AvgIpc) is 3.33. The summed E-state index contributed by atoms with van der Waals surface area (Å²) in [5, 5.41) is 15.4. The fourth-order valence-corrected chi connectivity index (χ4v) is 3.49. The third kappa shape index (κ3) is 3.75. The van der Waals surface area contributed by atoms with Crippen LogP contribution in [-0.4, -0.2) is 37.2 Å². The van der Waals surface area contributed by atoms with Crippen LogP contribution in [0.5, 0.6) is 0 Å². The third-order valence-electron chi connectivity index (χ3n) is 4.38. The minimum absolute atomic E-state index is 0.146. The number of hydrogen-bond acceptors (Lipinski definition) is 4. The zero-order valence-electron chi connectivity index (χ0n) is 14.4. The van der Waals surface area contributed by atoms with Gasteiger partial charge in [0.05, 0.1) is 0 Å². The molecule has 0 bridgehead atoms. The lowest BCUT2D eigenvalue weighted by Gasteiger charge is -2.17. The van der Waals surface area contributed by atoms with Crippen molar-refractivity contribution in [2.24, 2.45) is 0 Å². The first kappa shape index (κ1) is 17.4. The Kier molecular flexibility index (Phi) is 4.97. The summed E-state index contributed by atoms with van der Waals surface area (Å²) in [7, 11) is 0. The lowest BCUT2D eigenvalue weighted by Crippen LogP contribution is -2.35. The number of rotatable bonds is 6. The van der Waals surface area contributed by atoms with Crippen molar-refractivity contribution in [1.29, 1.82) is 0 Å². The van der Waals surface area contributed by atoms with Crippen LogP contribution in [0.15, 0.2) is 71.6 Å². The van der Waals surface area contributed by atoms with Gasteiger partial charge in [-0.3, -0.25) is 4.79 Å². The Morgan fingerprint density at radius 3 is 2.78 bits per heavy atom. The van der Waals surface area contributed by atoms with Crippen molar-refractivity contribution >= 4 is 32.7 Å². The quantitative estimate of drug-likeness (QED) is 0.516. The molecule has 4 aromatic rings. The molecule has 0 unspecified atom stereocenters. The van der Waals surface area contributed by atoms with Gasteiger partial charge in [-0.15, -0.1) is 5.10 Å². The summed E-state index contributed by atoms with van der Waals surface area (Å²) in [6.45, 7) is 1.18. The van der Waals surface area contributed by atoms with Crippen LogP contribution in [0.3, 0.4) is 0 Å². The first-order chi connectivity index (χ1) is 13.2. The molecule has 2 aromatic carbocycles. The van der Waals surface area contributed by atoms with Crippen LogP contribution in [0.4, 0.5) is 0 Å². The summed E-state index contributed by atoms with van der Waals surface area (Å²) < 4.78 is 4.64. The van der Waals surface area contributed by atoms with Crippen LogP contribution in [0.2, 0.25) is 0 Å². The van der Waals surface area contributed by atoms with Gasteiger partial charge in [-0.25, -0.2) is 4.68 Å². The van der Waals surface area contributed by atoms with Crippen molar-refractivity contribution < 1.29 is 4.79 Å². The minimum atomic E-state index is -0.599. The molecule has 1 N–H and O–H groups in total. The maximum absolute atomic E-state index is 12.8. The second kappa shape index (κ2) is 7.71. The predicted molar refractivity (Wildman–Crippen MR) is 105 cm³/mol. The zero-order chi connectivity index (χ0) is 18.6. The van der Waals surface area contributed by atoms with E-state index in [4.69, 9.17) is 0 Å². The Balaban J connectivity index is 1.47. The number of fused-ring (bicyclic) bond motifs is 1. The molecule has 27 heavy (non-hydrogen) atoms. The van der Waals surface area contributed by atoms with E-state index < -0.39 is 6.04 Å². The molecule has 0 spiro atoms. The molecular formula is C19H17BrN6O. The number of benzene rings is 2. The molecule has 0 aliphatic rings. The van der Waals surface area contributed by atoms with Crippen LogP contribution in [0.1, 0.15) is 11.6 Å². The monoisotopic (exact) mass is 424 g/mol. The Labute approximate surface area is 164 Å². The summed E-state index contributed by atoms with van der Waals surface area (Å²) in [6, 6.07) is 17.1. The Hall–Kier alpha value is -3.00. The molecule has 0 fully saturated rings. The van der Waals surface area contributed by atoms with Gasteiger partial charge < -0.3 is 9.88 Å². The molecule has 7 nitrogen and oxygen atoms in total. The highest BCUT2D eigenvalue weighted by Gasteiger charge is 2.23. The normalized spacial score (nSPS) is 12.2. The highest BCUT2D eigenvalue weighted by atomic mass is 79.9. The number of carbonyl (C=O) groups excluding carboxylic acids is 1. The number of carbonyl (C=O) groups is 1. The molecule has 0 saturated heterocycles. The zero-order valence-corrected chi connectivity index (χ0v) is 16.0. The molecule has 0 aliphatic heterocycles. The van der Waals surface area contributed by atoms with Crippen LogP contribution < -0.4 is 5.32 Å². The van der Waals surface area contributed by atoms with E-state index >= 15 is 0 Å². The van der Waals surface area contributed by atoms with Gasteiger partial charge in [-0.05, 0) is 40.3 Å². The van der Waals surface area contributed by atoms with Crippen LogP contribution >= 0.6 is 15.9 Å². The van der Waals surface area contributed by atoms with Gasteiger partial charge in [-0.1, -0.05) is 46.3 Å². The van der Waals surface area contributed by atoms with Gasteiger partial charge in [0.1, 0.15) is 6.33 Å². The first-order valence-corrected chi connectivity index (χ1v) is 9.31. The lowest BCUT2D eigenvalue weighted by atomic mass is 10.1. The summed E-state index contributed by atoms with van der Waals surface area (Å²) in [5.74, 6) is -0.146. The molecule has 4 rings (SSSR count). The van der Waals surface area contributed by atoms with Crippen molar-refractivity contribution in [3.8, 4) is 0 Å². The number of tetrazole rings is 1. The van der Waals surface area contributed by atoms with Crippen molar-refractivity contribution in [2.45, 2.75) is 12.6 Å². The van der Waals surface area contributed by atoms with Crippen LogP contribution in [-0.2, 0) is 11.3 Å². The predicted octanol–water partition coefficient (Wildman–Crippen LogP) is 2.80. The number of halogens is 1. The van der Waals surface area contributed by atoms with Crippen molar-refractivity contribution in [3.05, 3.63) is 77.2 Å². The molecule has 136 valence electrons. The number of aromatic nitrogens is 5. The maximum Gasteiger partial charge on any atom is 0.249 e. The van der Waals surface area contributed by atoms with E-state index in [-0.39, 0.29) is 5.91 Å². The van der Waals surface area contributed by atoms with E-state index in [0.29, 0.717) is 13.1 Å². The lowest BCUT2D eigenvalue weighted by molar-refractivity contribution is -0.123. The van der Waals surface area contributed by atoms with E-state index in [1.165, 1.54) is 11.0 Å². The summed E-state index contributed by atoms with van der Waals surface area (Å²) >= 11 is 3.49. The summed E-state index contributed by atoms with van der Waals surface area (Å²) in [5.41, 5.74) is 1.96. The molecule has 2 heterocycles. The SMILES string of the molecule is O=C(NCCn1ccc2cc(Br)ccc21)[C@H](c1ccccc1)n1cnnn1. The Morgan fingerprint density at radius 2 is 2.00 bits per heavy atom. The minimum Gasteiger partial charge on any atom is -0.352 e. The summed E-state index contributed by atoms with van der Waals surface area (Å²) in [6.07, 6.45) is 3.48. The van der Waals surface area contributed by atoms with Gasteiger partial charge in [0.2, 0.25) is 5.91 Å². The van der Waals surface area contributed by atoms with Crippen LogP contribution in [0, 0.1) is 0 Å². The smallest absolute Gasteiger partial charge is 0.249 e. The molecule has 0 saturated carbocycles. The second-order valence-corrected chi connectivity index (χ2v) is 7.02. The molecule has 0 aliphatic carbocycles. The van der Waals surface area contributed by atoms with Gasteiger partial charge >= 0.3 is 0 Å². The molecule has 1 amide bonds. The topological polar surface area (TPSA) is 77.6 Å². The second-order valence-electron chi connectivity index (χ2n) is 6.11. The van der Waals surface area contributed by atoms with E-state index in [1.54, 1.807) is 0 Å². The van der Waals surface area contributed by atoms with Crippen molar-refractivity contribution in [3.63, 3.8) is 0 Å². The summed E-state index contributed by atoms with van der Waals surface area (Å²) in [4.78, 5) is 12.8. The Morgan fingerprint density at radius 1 is 1.15 bits per heavy atom. The molecular weight excluding hydrogens is 408 g/mol. The number of hydrogen-bond donors (Lipinski definition) is 1. The van der Waals surface area contributed by atoms with E-state index in [2.05, 4.69) is 59.5 Å². The number of amides is 1. The van der Waals surface area contributed by atoms with E-state index in [1.807, 2.05) is 42.6 Å². The molecule has 8 heteroatoms. The van der Waals surface area contributed by atoms with Gasteiger partial charge in [0, 0.05) is 34.7 Å². The number of nitrogens with one attached hydrogen (secondary N) is 1. The fraction of sp³-hybridized carbons (Fsp3) is 0.158. The van der Waals surface area contributed by atoms with Gasteiger partial charge in [0.25, 0.3) is 0 Å².